The Morgan fingerprint density at radius 1 is 1.08 bits per heavy atom. The molecule has 2 aromatic heterocycles. The molecule has 0 fully saturated rings. The molecule has 0 amide bonds. The molecule has 2 heterocycles. The molecule has 188 valence electrons. The minimum Gasteiger partial charge on any atom is -0.487 e. The van der Waals surface area contributed by atoms with Crippen LogP contribution in [0.1, 0.15) is 17.4 Å². The number of rotatable bonds is 9. The lowest BCUT2D eigenvalue weighted by atomic mass is 10.1. The molecule has 0 radical (unpaired) electrons. The average Bonchev–Trinajstić information content (AvgIpc) is 3.39. The number of halogens is 2. The van der Waals surface area contributed by atoms with Gasteiger partial charge in [-0.05, 0) is 72.5 Å². The van der Waals surface area contributed by atoms with E-state index in [0.717, 1.165) is 45.0 Å². The van der Waals surface area contributed by atoms with Gasteiger partial charge in [0.05, 0.1) is 16.6 Å². The van der Waals surface area contributed by atoms with Crippen molar-refractivity contribution in [2.75, 3.05) is 17.3 Å². The van der Waals surface area contributed by atoms with Gasteiger partial charge in [-0.1, -0.05) is 23.7 Å². The Morgan fingerprint density at radius 3 is 2.78 bits per heavy atom. The zero-order chi connectivity index (χ0) is 25.8. The normalized spacial score (nSPS) is 12.0. The van der Waals surface area contributed by atoms with Gasteiger partial charge in [0.1, 0.15) is 41.8 Å². The van der Waals surface area contributed by atoms with Crippen LogP contribution in [-0.4, -0.2) is 22.0 Å². The predicted octanol–water partition coefficient (Wildman–Crippen LogP) is 7.37. The van der Waals surface area contributed by atoms with Gasteiger partial charge in [-0.3, -0.25) is 0 Å². The second-order valence-electron chi connectivity index (χ2n) is 8.41. The van der Waals surface area contributed by atoms with E-state index in [1.807, 2.05) is 42.7 Å². The third kappa shape index (κ3) is 5.88. The number of thioether (sulfide) groups is 1. The van der Waals surface area contributed by atoms with Crippen molar-refractivity contribution in [2.45, 2.75) is 12.6 Å². The molecule has 0 bridgehead atoms. The van der Waals surface area contributed by atoms with Gasteiger partial charge < -0.3 is 20.2 Å². The van der Waals surface area contributed by atoms with Gasteiger partial charge in [0.15, 0.2) is 0 Å². The van der Waals surface area contributed by atoms with Gasteiger partial charge in [0.2, 0.25) is 0 Å². The van der Waals surface area contributed by atoms with E-state index in [1.54, 1.807) is 36.0 Å². The maximum atomic E-state index is 13.4. The predicted molar refractivity (Wildman–Crippen MR) is 148 cm³/mol. The van der Waals surface area contributed by atoms with Crippen LogP contribution in [0, 0.1) is 5.82 Å². The first-order chi connectivity index (χ1) is 18.0. The minimum absolute atomic E-state index is 0.157. The van der Waals surface area contributed by atoms with Crippen LogP contribution in [-0.2, 0) is 6.61 Å². The summed E-state index contributed by atoms with van der Waals surface area (Å²) in [7, 11) is 0. The quantitative estimate of drug-likeness (QED) is 0.204. The van der Waals surface area contributed by atoms with Crippen LogP contribution in [0.5, 0.6) is 5.75 Å². The molecule has 6 nitrogen and oxygen atoms in total. The summed E-state index contributed by atoms with van der Waals surface area (Å²) in [6.07, 6.45) is 3.52. The number of aromatic nitrogens is 2. The van der Waals surface area contributed by atoms with E-state index in [9.17, 15) is 4.39 Å². The SMILES string of the molecule is CSC[C@@H](N)c1ccc(-c2ccc3ncnc(Nc4ccc(OCc5cccc(F)c5)c(Cl)c4)c3c2)o1. The first-order valence-electron chi connectivity index (χ1n) is 11.5. The number of fused-ring (bicyclic) bond motifs is 1. The summed E-state index contributed by atoms with van der Waals surface area (Å²) < 4.78 is 25.2. The molecule has 5 aromatic rings. The van der Waals surface area contributed by atoms with Gasteiger partial charge in [-0.15, -0.1) is 0 Å². The highest BCUT2D eigenvalue weighted by Gasteiger charge is 2.14. The number of anilines is 2. The molecule has 0 aliphatic carbocycles. The number of ether oxygens (including phenoxy) is 1. The highest BCUT2D eigenvalue weighted by atomic mass is 35.5. The minimum atomic E-state index is -0.307. The van der Waals surface area contributed by atoms with E-state index < -0.39 is 0 Å². The summed E-state index contributed by atoms with van der Waals surface area (Å²) in [5.41, 5.74) is 9.33. The van der Waals surface area contributed by atoms with Crippen LogP contribution < -0.4 is 15.8 Å². The van der Waals surface area contributed by atoms with Crippen LogP contribution in [0.2, 0.25) is 5.02 Å². The summed E-state index contributed by atoms with van der Waals surface area (Å²) in [5.74, 6) is 3.08. The van der Waals surface area contributed by atoms with Crippen molar-refractivity contribution in [1.82, 2.24) is 9.97 Å². The van der Waals surface area contributed by atoms with Crippen LogP contribution >= 0.6 is 23.4 Å². The van der Waals surface area contributed by atoms with Crippen molar-refractivity contribution < 1.29 is 13.5 Å². The summed E-state index contributed by atoms with van der Waals surface area (Å²) in [5, 5.41) is 4.57. The number of nitrogens with one attached hydrogen (secondary N) is 1. The molecule has 0 saturated heterocycles. The molecule has 0 unspecified atom stereocenters. The van der Waals surface area contributed by atoms with E-state index in [4.69, 9.17) is 26.5 Å². The van der Waals surface area contributed by atoms with Crippen molar-refractivity contribution in [3.63, 3.8) is 0 Å². The number of furan rings is 1. The molecule has 3 aromatic carbocycles. The smallest absolute Gasteiger partial charge is 0.141 e. The summed E-state index contributed by atoms with van der Waals surface area (Å²) in [6.45, 7) is 0.209. The maximum absolute atomic E-state index is 13.4. The van der Waals surface area contributed by atoms with E-state index in [-0.39, 0.29) is 18.5 Å². The Hall–Kier alpha value is -3.59. The van der Waals surface area contributed by atoms with Crippen LogP contribution in [0.15, 0.2) is 83.5 Å². The molecule has 37 heavy (non-hydrogen) atoms. The van der Waals surface area contributed by atoms with Crippen molar-refractivity contribution in [3.05, 3.63) is 101 Å². The first-order valence-corrected chi connectivity index (χ1v) is 13.3. The van der Waals surface area contributed by atoms with Crippen LogP contribution in [0.4, 0.5) is 15.9 Å². The van der Waals surface area contributed by atoms with E-state index in [2.05, 4.69) is 15.3 Å². The third-order valence-electron chi connectivity index (χ3n) is 5.74. The molecule has 1 atom stereocenters. The Bertz CT molecular complexity index is 1540. The fraction of sp³-hybridized carbons (Fsp3) is 0.143. The van der Waals surface area contributed by atoms with Crippen LogP contribution in [0.25, 0.3) is 22.2 Å². The van der Waals surface area contributed by atoms with E-state index >= 15 is 0 Å². The Balaban J connectivity index is 1.36. The van der Waals surface area contributed by atoms with Gasteiger partial charge >= 0.3 is 0 Å². The molecular weight excluding hydrogens is 511 g/mol. The Morgan fingerprint density at radius 2 is 1.97 bits per heavy atom. The highest BCUT2D eigenvalue weighted by Crippen LogP contribution is 2.33. The lowest BCUT2D eigenvalue weighted by molar-refractivity contribution is 0.306. The standard InChI is InChI=1S/C28H24ClFN4O2S/c1-37-15-23(31)27-10-9-25(36-27)18-5-7-24-21(12-18)28(33-16-32-24)34-20-6-8-26(22(29)13-20)35-14-17-3-2-4-19(30)11-17/h2-13,16,23H,14-15,31H2,1H3,(H,32,33,34)/t23-/m1/s1. The second kappa shape index (κ2) is 11.2. The van der Waals surface area contributed by atoms with Gasteiger partial charge in [-0.25, -0.2) is 14.4 Å². The zero-order valence-corrected chi connectivity index (χ0v) is 21.5. The number of benzene rings is 3. The first kappa shape index (κ1) is 25.1. The third-order valence-corrected chi connectivity index (χ3v) is 6.72. The van der Waals surface area contributed by atoms with E-state index in [0.29, 0.717) is 16.6 Å². The van der Waals surface area contributed by atoms with Gasteiger partial charge in [0, 0.05) is 22.4 Å². The fourth-order valence-electron chi connectivity index (χ4n) is 3.90. The zero-order valence-electron chi connectivity index (χ0n) is 19.9. The van der Waals surface area contributed by atoms with Crippen molar-refractivity contribution in [2.24, 2.45) is 5.73 Å². The molecular formula is C28H24ClFN4O2S. The van der Waals surface area contributed by atoms with Crippen LogP contribution in [0.3, 0.4) is 0 Å². The number of nitrogens with two attached hydrogens (primary N) is 1. The molecule has 0 aliphatic heterocycles. The average molecular weight is 535 g/mol. The highest BCUT2D eigenvalue weighted by molar-refractivity contribution is 7.98. The lowest BCUT2D eigenvalue weighted by Gasteiger charge is -2.12. The second-order valence-corrected chi connectivity index (χ2v) is 9.72. The number of hydrogen-bond acceptors (Lipinski definition) is 7. The Labute approximate surface area is 223 Å². The van der Waals surface area contributed by atoms with Crippen molar-refractivity contribution in [1.29, 1.82) is 0 Å². The van der Waals surface area contributed by atoms with Gasteiger partial charge in [-0.2, -0.15) is 11.8 Å². The molecule has 0 saturated carbocycles. The van der Waals surface area contributed by atoms with E-state index in [1.165, 1.54) is 18.5 Å². The van der Waals surface area contributed by atoms with Crippen molar-refractivity contribution in [3.8, 4) is 17.1 Å². The largest absolute Gasteiger partial charge is 0.487 e. The van der Waals surface area contributed by atoms with Crippen molar-refractivity contribution >= 4 is 45.8 Å². The van der Waals surface area contributed by atoms with Gasteiger partial charge in [0.25, 0.3) is 0 Å². The Kier molecular flexibility index (Phi) is 7.60. The molecule has 5 rings (SSSR count). The molecule has 0 aliphatic rings. The monoisotopic (exact) mass is 534 g/mol. The lowest BCUT2D eigenvalue weighted by Crippen LogP contribution is -2.11. The molecule has 9 heteroatoms. The topological polar surface area (TPSA) is 86.2 Å². The molecule has 3 N–H and O–H groups in total. The summed E-state index contributed by atoms with van der Waals surface area (Å²) in [4.78, 5) is 8.84. The summed E-state index contributed by atoms with van der Waals surface area (Å²) in [6, 6.07) is 21.2. The molecule has 0 spiro atoms. The summed E-state index contributed by atoms with van der Waals surface area (Å²) >= 11 is 8.15. The fourth-order valence-corrected chi connectivity index (χ4v) is 4.66. The number of nitrogens with zero attached hydrogens (tertiary/aromatic N) is 2. The maximum Gasteiger partial charge on any atom is 0.141 e. The number of hydrogen-bond donors (Lipinski definition) is 2.